The van der Waals surface area contributed by atoms with E-state index < -0.39 is 27.6 Å². The number of hydrogen-bond acceptors (Lipinski definition) is 6. The van der Waals surface area contributed by atoms with Crippen LogP contribution in [0, 0.1) is 30.4 Å². The number of sulfonamides is 1. The van der Waals surface area contributed by atoms with Gasteiger partial charge in [0, 0.05) is 69.9 Å². The maximum Gasteiger partial charge on any atom is 0.232 e. The summed E-state index contributed by atoms with van der Waals surface area (Å²) in [6, 6.07) is 5.65. The highest BCUT2D eigenvalue weighted by molar-refractivity contribution is 7.92. The average molecular weight is 651 g/mol. The van der Waals surface area contributed by atoms with Crippen LogP contribution in [-0.4, -0.2) is 87.3 Å². The van der Waals surface area contributed by atoms with Crippen LogP contribution in [-0.2, 0) is 19.6 Å². The zero-order chi connectivity index (χ0) is 31.2. The number of aryl methyl sites for hydroxylation is 1. The number of carbonyl (C=O) groups excluding carboxylic acids is 1. The lowest BCUT2D eigenvalue weighted by molar-refractivity contribution is -0.136. The zero-order valence-electron chi connectivity index (χ0n) is 25.4. The summed E-state index contributed by atoms with van der Waals surface area (Å²) >= 11 is 6.46. The minimum atomic E-state index is -3.55. The lowest BCUT2D eigenvalue weighted by Crippen LogP contribution is -2.44. The second-order valence-electron chi connectivity index (χ2n) is 13.0. The van der Waals surface area contributed by atoms with E-state index in [1.807, 2.05) is 11.8 Å². The van der Waals surface area contributed by atoms with Crippen LogP contribution in [0.15, 0.2) is 24.3 Å². The van der Waals surface area contributed by atoms with Gasteiger partial charge in [0.2, 0.25) is 15.9 Å². The van der Waals surface area contributed by atoms with Crippen molar-refractivity contribution in [1.82, 2.24) is 14.8 Å². The molecule has 0 radical (unpaired) electrons. The standard InChI is InChI=1S/C32H41ClF2N4O4S/c1-20-28(33)16-30(39(44(2,41)42)17-21-3-4-21)31(36-20)22-7-11-37(12-8-22)32(40)27-19-38(24-9-13-43-14-10-24)18-26(27)25-6-5-23(34)15-29(25)35/h5-6,15-16,21-22,24,26-27H,3-4,7-14,17-19H2,1-2H3/t26-,27?/m0/s1. The Balaban J connectivity index is 1.21. The van der Waals surface area contributed by atoms with Gasteiger partial charge in [-0.2, -0.15) is 0 Å². The van der Waals surface area contributed by atoms with E-state index in [1.165, 1.54) is 22.7 Å². The Hall–Kier alpha value is -2.34. The Morgan fingerprint density at radius 1 is 1.07 bits per heavy atom. The van der Waals surface area contributed by atoms with Gasteiger partial charge in [-0.1, -0.05) is 17.7 Å². The molecule has 2 atom stereocenters. The first-order chi connectivity index (χ1) is 21.0. The van der Waals surface area contributed by atoms with Gasteiger partial charge in [-0.15, -0.1) is 0 Å². The van der Waals surface area contributed by atoms with Gasteiger partial charge >= 0.3 is 0 Å². The molecule has 4 aliphatic rings. The van der Waals surface area contributed by atoms with E-state index in [-0.39, 0.29) is 23.8 Å². The second-order valence-corrected chi connectivity index (χ2v) is 15.3. The van der Waals surface area contributed by atoms with Gasteiger partial charge in [0.1, 0.15) is 11.6 Å². The highest BCUT2D eigenvalue weighted by atomic mass is 35.5. The third kappa shape index (κ3) is 6.76. The van der Waals surface area contributed by atoms with Crippen LogP contribution in [0.4, 0.5) is 14.5 Å². The third-order valence-electron chi connectivity index (χ3n) is 9.88. The lowest BCUT2D eigenvalue weighted by Gasteiger charge is -2.36. The number of rotatable bonds is 8. The molecule has 0 spiro atoms. The number of likely N-dealkylation sites (tertiary alicyclic amines) is 2. The van der Waals surface area contributed by atoms with E-state index in [0.717, 1.165) is 31.7 Å². The molecule has 12 heteroatoms. The largest absolute Gasteiger partial charge is 0.381 e. The van der Waals surface area contributed by atoms with Crippen molar-refractivity contribution in [2.45, 2.75) is 63.3 Å². The fourth-order valence-corrected chi connectivity index (χ4v) is 8.33. The number of carbonyl (C=O) groups is 1. The summed E-state index contributed by atoms with van der Waals surface area (Å²) in [5.41, 5.74) is 2.28. The molecule has 8 nitrogen and oxygen atoms in total. The van der Waals surface area contributed by atoms with Crippen molar-refractivity contribution in [3.63, 3.8) is 0 Å². The number of ether oxygens (including phenoxy) is 1. The first-order valence-electron chi connectivity index (χ1n) is 15.7. The SMILES string of the molecule is Cc1nc(C2CCN(C(=O)C3CN(C4CCOCC4)C[C@H]3c3ccc(F)cc3F)CC2)c(N(CC2CC2)S(C)(=O)=O)cc1Cl. The third-order valence-corrected chi connectivity index (χ3v) is 11.4. The van der Waals surface area contributed by atoms with Gasteiger partial charge in [-0.05, 0) is 69.1 Å². The van der Waals surface area contributed by atoms with Crippen molar-refractivity contribution in [1.29, 1.82) is 0 Å². The minimum Gasteiger partial charge on any atom is -0.381 e. The van der Waals surface area contributed by atoms with Gasteiger partial charge < -0.3 is 9.64 Å². The molecule has 1 aromatic heterocycles. The van der Waals surface area contributed by atoms with Crippen molar-refractivity contribution in [3.05, 3.63) is 57.9 Å². The summed E-state index contributed by atoms with van der Waals surface area (Å²) in [4.78, 5) is 23.1. The van der Waals surface area contributed by atoms with Crippen LogP contribution < -0.4 is 4.31 Å². The van der Waals surface area contributed by atoms with Crippen molar-refractivity contribution in [2.75, 3.05) is 56.5 Å². The zero-order valence-corrected chi connectivity index (χ0v) is 26.9. The molecular weight excluding hydrogens is 610 g/mol. The molecular formula is C32H41ClF2N4O4S. The summed E-state index contributed by atoms with van der Waals surface area (Å²) in [7, 11) is -3.55. The van der Waals surface area contributed by atoms with Crippen molar-refractivity contribution < 1.29 is 26.7 Å². The van der Waals surface area contributed by atoms with E-state index in [4.69, 9.17) is 21.3 Å². The van der Waals surface area contributed by atoms with Crippen molar-refractivity contribution in [3.8, 4) is 0 Å². The summed E-state index contributed by atoms with van der Waals surface area (Å²) < 4.78 is 61.6. The molecule has 0 bridgehead atoms. The highest BCUT2D eigenvalue weighted by Crippen LogP contribution is 2.42. The lowest BCUT2D eigenvalue weighted by atomic mass is 9.86. The molecule has 1 aliphatic carbocycles. The quantitative estimate of drug-likeness (QED) is 0.396. The van der Waals surface area contributed by atoms with Crippen molar-refractivity contribution >= 4 is 33.2 Å². The molecule has 240 valence electrons. The first kappa shape index (κ1) is 31.6. The summed E-state index contributed by atoms with van der Waals surface area (Å²) in [5, 5.41) is 0.426. The second kappa shape index (κ2) is 12.8. The van der Waals surface area contributed by atoms with Crippen LogP contribution >= 0.6 is 11.6 Å². The maximum absolute atomic E-state index is 15.1. The molecule has 2 aromatic rings. The predicted octanol–water partition coefficient (Wildman–Crippen LogP) is 5.10. The number of aromatic nitrogens is 1. The number of amides is 1. The number of pyridine rings is 1. The maximum atomic E-state index is 15.1. The van der Waals surface area contributed by atoms with E-state index in [0.29, 0.717) is 92.4 Å². The van der Waals surface area contributed by atoms with Crippen LogP contribution in [0.3, 0.4) is 0 Å². The topological polar surface area (TPSA) is 83.1 Å². The molecule has 3 saturated heterocycles. The van der Waals surface area contributed by atoms with Gasteiger partial charge in [0.15, 0.2) is 0 Å². The van der Waals surface area contributed by atoms with E-state index in [2.05, 4.69) is 4.90 Å². The molecule has 44 heavy (non-hydrogen) atoms. The van der Waals surface area contributed by atoms with Gasteiger partial charge in [-0.3, -0.25) is 19.0 Å². The minimum absolute atomic E-state index is 0.0151. The molecule has 6 rings (SSSR count). The van der Waals surface area contributed by atoms with Gasteiger partial charge in [-0.25, -0.2) is 17.2 Å². The summed E-state index contributed by atoms with van der Waals surface area (Å²) in [6.45, 7) is 5.61. The number of nitrogens with zero attached hydrogens (tertiary/aromatic N) is 4. The van der Waals surface area contributed by atoms with Gasteiger partial charge in [0.25, 0.3) is 0 Å². The Labute approximate surface area is 263 Å². The summed E-state index contributed by atoms with van der Waals surface area (Å²) in [5.74, 6) is -1.78. The first-order valence-corrected chi connectivity index (χ1v) is 17.9. The van der Waals surface area contributed by atoms with Crippen LogP contribution in [0.5, 0.6) is 0 Å². The highest BCUT2D eigenvalue weighted by Gasteiger charge is 2.44. The Morgan fingerprint density at radius 3 is 2.41 bits per heavy atom. The molecule has 1 aromatic carbocycles. The fraction of sp³-hybridized carbons (Fsp3) is 0.625. The number of piperidine rings is 1. The van der Waals surface area contributed by atoms with Crippen LogP contribution in [0.1, 0.15) is 67.3 Å². The Morgan fingerprint density at radius 2 is 1.77 bits per heavy atom. The molecule has 1 unspecified atom stereocenters. The molecule has 3 aliphatic heterocycles. The number of benzene rings is 1. The van der Waals surface area contributed by atoms with Crippen molar-refractivity contribution in [2.24, 2.45) is 11.8 Å². The van der Waals surface area contributed by atoms with E-state index >= 15 is 4.39 Å². The fourth-order valence-electron chi connectivity index (χ4n) is 7.20. The molecule has 0 N–H and O–H groups in total. The number of hydrogen-bond donors (Lipinski definition) is 0. The normalized spacial score (nSPS) is 24.2. The number of anilines is 1. The smallest absolute Gasteiger partial charge is 0.232 e. The molecule has 1 saturated carbocycles. The summed E-state index contributed by atoms with van der Waals surface area (Å²) in [6.07, 6.45) is 6.22. The van der Waals surface area contributed by atoms with Crippen LogP contribution in [0.2, 0.25) is 5.02 Å². The van der Waals surface area contributed by atoms with E-state index in [9.17, 15) is 17.6 Å². The molecule has 4 heterocycles. The molecule has 4 fully saturated rings. The Kier molecular flexibility index (Phi) is 9.21. The van der Waals surface area contributed by atoms with Crippen LogP contribution in [0.25, 0.3) is 0 Å². The number of halogens is 3. The predicted molar refractivity (Wildman–Crippen MR) is 165 cm³/mol. The average Bonchev–Trinajstić information content (AvgIpc) is 3.72. The van der Waals surface area contributed by atoms with Gasteiger partial charge in [0.05, 0.1) is 34.3 Å². The molecule has 1 amide bonds. The Bertz CT molecular complexity index is 1490. The monoisotopic (exact) mass is 650 g/mol. The van der Waals surface area contributed by atoms with E-state index in [1.54, 1.807) is 6.07 Å².